The maximum absolute atomic E-state index is 11.1. The summed E-state index contributed by atoms with van der Waals surface area (Å²) in [5, 5.41) is 22.0. The monoisotopic (exact) mass is 476 g/mol. The van der Waals surface area contributed by atoms with Crippen LogP contribution in [0.5, 0.6) is 0 Å². The summed E-state index contributed by atoms with van der Waals surface area (Å²) in [6.45, 7) is 8.69. The number of benzene rings is 1. The van der Waals surface area contributed by atoms with E-state index in [0.29, 0.717) is 50.3 Å². The van der Waals surface area contributed by atoms with Crippen LogP contribution in [0.15, 0.2) is 24.3 Å². The maximum atomic E-state index is 11.1. The number of hydrogen-bond acceptors (Lipinski definition) is 7. The van der Waals surface area contributed by atoms with Crippen molar-refractivity contribution in [1.82, 2.24) is 19.9 Å². The first-order valence-electron chi connectivity index (χ1n) is 11.4. The van der Waals surface area contributed by atoms with Crippen LogP contribution >= 0.6 is 11.6 Å². The van der Waals surface area contributed by atoms with E-state index in [9.17, 15) is 9.90 Å². The predicted molar refractivity (Wildman–Crippen MR) is 129 cm³/mol. The molecule has 2 unspecified atom stereocenters. The van der Waals surface area contributed by atoms with Crippen molar-refractivity contribution in [2.45, 2.75) is 45.6 Å². The molecule has 180 valence electrons. The normalized spacial score (nSPS) is 16.1. The molecule has 3 N–H and O–H groups in total. The number of carbonyl (C=O) groups is 1. The number of rotatable bonds is 9. The van der Waals surface area contributed by atoms with Crippen LogP contribution in [-0.4, -0.2) is 75.0 Å². The second kappa shape index (κ2) is 11.5. The third-order valence-corrected chi connectivity index (χ3v) is 6.00. The number of hydrogen-bond donors (Lipinski definition) is 3. The Bertz CT molecular complexity index is 919. The van der Waals surface area contributed by atoms with Crippen molar-refractivity contribution in [1.29, 1.82) is 0 Å². The highest BCUT2D eigenvalue weighted by Gasteiger charge is 2.21. The molecule has 1 aromatic carbocycles. The number of carboxylic acid groups (broad SMARTS) is 1. The van der Waals surface area contributed by atoms with Gasteiger partial charge in [0.25, 0.3) is 0 Å². The average Bonchev–Trinajstić information content (AvgIpc) is 2.78. The predicted octanol–water partition coefficient (Wildman–Crippen LogP) is 3.49. The number of aromatic nitrogens is 3. The molecule has 1 aliphatic heterocycles. The molecular weight excluding hydrogens is 444 g/mol. The van der Waals surface area contributed by atoms with Crippen molar-refractivity contribution in [3.63, 3.8) is 0 Å². The number of nitrogens with one attached hydrogen (secondary N) is 1. The van der Waals surface area contributed by atoms with Crippen LogP contribution in [0.4, 0.5) is 16.4 Å². The van der Waals surface area contributed by atoms with E-state index in [0.717, 1.165) is 17.7 Å². The minimum Gasteiger partial charge on any atom is -0.465 e. The molecule has 1 aromatic heterocycles. The molecule has 2 heterocycles. The summed E-state index contributed by atoms with van der Waals surface area (Å²) in [5.74, 6) is 1.57. The summed E-state index contributed by atoms with van der Waals surface area (Å²) in [5.41, 5.74) is 2.24. The van der Waals surface area contributed by atoms with Gasteiger partial charge in [0.2, 0.25) is 11.2 Å². The van der Waals surface area contributed by atoms with Gasteiger partial charge in [0.15, 0.2) is 0 Å². The van der Waals surface area contributed by atoms with E-state index in [4.69, 9.17) is 16.7 Å². The summed E-state index contributed by atoms with van der Waals surface area (Å²) in [6.07, 6.45) is 0.535. The number of piperazine rings is 1. The van der Waals surface area contributed by atoms with Gasteiger partial charge in [0.1, 0.15) is 5.82 Å². The van der Waals surface area contributed by atoms with Crippen LogP contribution in [0.1, 0.15) is 44.5 Å². The molecule has 1 aliphatic rings. The zero-order chi connectivity index (χ0) is 24.0. The molecule has 1 amide bonds. The highest BCUT2D eigenvalue weighted by molar-refractivity contribution is 6.28. The fourth-order valence-electron chi connectivity index (χ4n) is 4.04. The fourth-order valence-corrected chi connectivity index (χ4v) is 4.22. The number of anilines is 2. The third kappa shape index (κ3) is 7.17. The lowest BCUT2D eigenvalue weighted by atomic mass is 9.97. The second-order valence-electron chi connectivity index (χ2n) is 8.95. The van der Waals surface area contributed by atoms with Crippen molar-refractivity contribution >= 4 is 29.3 Å². The number of aliphatic hydroxyl groups is 1. The summed E-state index contributed by atoms with van der Waals surface area (Å²) in [6, 6.07) is 8.20. The van der Waals surface area contributed by atoms with E-state index in [1.807, 2.05) is 0 Å². The van der Waals surface area contributed by atoms with Gasteiger partial charge in [-0.05, 0) is 47.6 Å². The lowest BCUT2D eigenvalue weighted by Gasteiger charge is -2.34. The zero-order valence-corrected chi connectivity index (χ0v) is 20.2. The molecule has 0 spiro atoms. The van der Waals surface area contributed by atoms with Gasteiger partial charge in [0, 0.05) is 38.3 Å². The standard InChI is InChI=1S/C23H33ClN6O3/c1-15(2)12-18(14-31)25-22-27-20(26-21(24)28-22)13-16(3)17-4-6-19(7-5-17)29-8-10-30(11-9-29)23(32)33/h4-7,15-16,18,31H,8-14H2,1-3H3,(H,32,33)(H,25,26,27,28). The number of aliphatic hydroxyl groups excluding tert-OH is 1. The Balaban J connectivity index is 1.62. The molecule has 10 heteroatoms. The van der Waals surface area contributed by atoms with E-state index >= 15 is 0 Å². The highest BCUT2D eigenvalue weighted by Crippen LogP contribution is 2.24. The highest BCUT2D eigenvalue weighted by atomic mass is 35.5. The average molecular weight is 477 g/mol. The molecule has 0 radical (unpaired) electrons. The molecule has 1 fully saturated rings. The van der Waals surface area contributed by atoms with Gasteiger partial charge in [-0.2, -0.15) is 9.97 Å². The Hall–Kier alpha value is -2.65. The number of nitrogens with zero attached hydrogens (tertiary/aromatic N) is 5. The van der Waals surface area contributed by atoms with Crippen LogP contribution in [-0.2, 0) is 6.42 Å². The van der Waals surface area contributed by atoms with Crippen LogP contribution in [0.2, 0.25) is 5.28 Å². The van der Waals surface area contributed by atoms with Crippen molar-refractivity contribution in [2.75, 3.05) is 43.0 Å². The fraction of sp³-hybridized carbons (Fsp3) is 0.565. The summed E-state index contributed by atoms with van der Waals surface area (Å²) in [7, 11) is 0. The van der Waals surface area contributed by atoms with Crippen molar-refractivity contribution < 1.29 is 15.0 Å². The van der Waals surface area contributed by atoms with Gasteiger partial charge in [-0.1, -0.05) is 32.9 Å². The summed E-state index contributed by atoms with van der Waals surface area (Å²) >= 11 is 6.14. The Morgan fingerprint density at radius 3 is 2.33 bits per heavy atom. The lowest BCUT2D eigenvalue weighted by molar-refractivity contribution is 0.142. The second-order valence-corrected chi connectivity index (χ2v) is 9.29. The van der Waals surface area contributed by atoms with Crippen molar-refractivity contribution in [3.8, 4) is 0 Å². The van der Waals surface area contributed by atoms with Gasteiger partial charge in [-0.3, -0.25) is 0 Å². The Morgan fingerprint density at radius 2 is 1.76 bits per heavy atom. The van der Waals surface area contributed by atoms with E-state index in [1.165, 1.54) is 4.90 Å². The Kier molecular flexibility index (Phi) is 8.68. The smallest absolute Gasteiger partial charge is 0.407 e. The maximum Gasteiger partial charge on any atom is 0.407 e. The molecule has 2 atom stereocenters. The molecule has 2 aromatic rings. The minimum absolute atomic E-state index is 0.00900. The molecule has 1 saturated heterocycles. The van der Waals surface area contributed by atoms with E-state index < -0.39 is 6.09 Å². The van der Waals surface area contributed by atoms with Crippen LogP contribution < -0.4 is 10.2 Å². The van der Waals surface area contributed by atoms with Gasteiger partial charge in [-0.25, -0.2) is 9.78 Å². The molecular formula is C23H33ClN6O3. The Labute approximate surface area is 199 Å². The zero-order valence-electron chi connectivity index (χ0n) is 19.4. The number of amides is 1. The third-order valence-electron chi connectivity index (χ3n) is 5.83. The quantitative estimate of drug-likeness (QED) is 0.503. The topological polar surface area (TPSA) is 115 Å². The van der Waals surface area contributed by atoms with Gasteiger partial charge in [-0.15, -0.1) is 0 Å². The Morgan fingerprint density at radius 1 is 1.09 bits per heavy atom. The molecule has 0 saturated carbocycles. The first-order valence-corrected chi connectivity index (χ1v) is 11.7. The van der Waals surface area contributed by atoms with Crippen LogP contribution in [0, 0.1) is 5.92 Å². The SMILES string of the molecule is CC(C)CC(CO)Nc1nc(Cl)nc(CC(C)c2ccc(N3CCN(C(=O)O)CC3)cc2)n1. The van der Waals surface area contributed by atoms with Crippen LogP contribution in [0.3, 0.4) is 0 Å². The largest absolute Gasteiger partial charge is 0.465 e. The summed E-state index contributed by atoms with van der Waals surface area (Å²) in [4.78, 5) is 27.7. The van der Waals surface area contributed by atoms with E-state index in [2.05, 4.69) is 70.2 Å². The van der Waals surface area contributed by atoms with Crippen molar-refractivity contribution in [3.05, 3.63) is 40.9 Å². The van der Waals surface area contributed by atoms with Crippen molar-refractivity contribution in [2.24, 2.45) is 5.92 Å². The molecule has 9 nitrogen and oxygen atoms in total. The molecule has 3 rings (SSSR count). The van der Waals surface area contributed by atoms with E-state index in [1.54, 1.807) is 0 Å². The van der Waals surface area contributed by atoms with Gasteiger partial charge < -0.3 is 25.3 Å². The molecule has 33 heavy (non-hydrogen) atoms. The van der Waals surface area contributed by atoms with E-state index in [-0.39, 0.29) is 23.9 Å². The lowest BCUT2D eigenvalue weighted by Crippen LogP contribution is -2.48. The van der Waals surface area contributed by atoms with Gasteiger partial charge in [0.05, 0.1) is 12.6 Å². The molecule has 0 aliphatic carbocycles. The first-order chi connectivity index (χ1) is 15.7. The first kappa shape index (κ1) is 25.0. The summed E-state index contributed by atoms with van der Waals surface area (Å²) < 4.78 is 0. The minimum atomic E-state index is -0.859. The van der Waals surface area contributed by atoms with Crippen LogP contribution in [0.25, 0.3) is 0 Å². The molecule has 0 bridgehead atoms. The number of halogens is 1. The van der Waals surface area contributed by atoms with Gasteiger partial charge >= 0.3 is 6.09 Å².